The van der Waals surface area contributed by atoms with Gasteiger partial charge < -0.3 is 24.0 Å². The van der Waals surface area contributed by atoms with E-state index in [1.807, 2.05) is 6.20 Å². The van der Waals surface area contributed by atoms with Crippen molar-refractivity contribution in [3.8, 4) is 5.75 Å². The van der Waals surface area contributed by atoms with E-state index in [1.165, 1.54) is 42.6 Å². The number of aromatic nitrogens is 2. The van der Waals surface area contributed by atoms with Crippen molar-refractivity contribution in [3.05, 3.63) is 22.4 Å². The first-order valence-electron chi connectivity index (χ1n) is 13.4. The van der Waals surface area contributed by atoms with Crippen LogP contribution in [0.15, 0.2) is 16.9 Å². The molecule has 2 fully saturated rings. The number of hydrogen-bond acceptors (Lipinski definition) is 4. The number of carbonyl (C=O) groups is 1. The van der Waals surface area contributed by atoms with Crippen molar-refractivity contribution in [1.29, 1.82) is 0 Å². The summed E-state index contributed by atoms with van der Waals surface area (Å²) in [7, 11) is -1.14. The average Bonchev–Trinajstić information content (AvgIpc) is 3.16. The number of rotatable bonds is 9. The van der Waals surface area contributed by atoms with E-state index in [2.05, 4.69) is 53.3 Å². The molecule has 4 rings (SSSR count). The Kier molecular flexibility index (Phi) is 8.72. The molecule has 1 saturated carbocycles. The summed E-state index contributed by atoms with van der Waals surface area (Å²) in [5.74, 6) is 1.41. The monoisotopic (exact) mass is 579 g/mol. The smallest absolute Gasteiger partial charge is 0.407 e. The highest BCUT2D eigenvalue weighted by atomic mass is 79.9. The molecule has 1 aliphatic carbocycles. The minimum Gasteiger partial charge on any atom is -0.492 e. The highest BCUT2D eigenvalue weighted by molar-refractivity contribution is 9.10. The van der Waals surface area contributed by atoms with Gasteiger partial charge in [-0.25, -0.2) is 9.78 Å². The van der Waals surface area contributed by atoms with Gasteiger partial charge in [-0.1, -0.05) is 45.8 Å². The summed E-state index contributed by atoms with van der Waals surface area (Å²) in [5.41, 5.74) is 2.04. The molecule has 1 aliphatic heterocycles. The van der Waals surface area contributed by atoms with Crippen LogP contribution < -0.4 is 4.74 Å². The van der Waals surface area contributed by atoms with Crippen molar-refractivity contribution in [2.75, 3.05) is 26.3 Å². The van der Waals surface area contributed by atoms with Gasteiger partial charge in [0.1, 0.15) is 18.1 Å². The summed E-state index contributed by atoms with van der Waals surface area (Å²) in [5, 5.41) is 10.4. The highest BCUT2D eigenvalue weighted by Crippen LogP contribution is 2.44. The number of fused-ring (bicyclic) bond motifs is 1. The molecule has 2 aromatic heterocycles. The number of halogens is 1. The SMILES string of the molecule is CC1(COc2c(C3CCCCC3)cnc3c2c(Br)cn3COCC[Si](C)(C)C)CCN(C(=O)O)CC1. The summed E-state index contributed by atoms with van der Waals surface area (Å²) < 4.78 is 15.8. The fourth-order valence-corrected chi connectivity index (χ4v) is 6.68. The van der Waals surface area contributed by atoms with Crippen molar-refractivity contribution >= 4 is 41.1 Å². The second-order valence-electron chi connectivity index (χ2n) is 12.2. The second kappa shape index (κ2) is 11.4. The van der Waals surface area contributed by atoms with Gasteiger partial charge in [0.25, 0.3) is 0 Å². The average molecular weight is 581 g/mol. The Bertz CT molecular complexity index is 1050. The lowest BCUT2D eigenvalue weighted by molar-refractivity contribution is 0.0655. The van der Waals surface area contributed by atoms with Crippen LogP contribution in [0.2, 0.25) is 25.7 Å². The maximum atomic E-state index is 11.4. The number of carboxylic acid groups (broad SMARTS) is 1. The van der Waals surface area contributed by atoms with Crippen LogP contribution in [0.1, 0.15) is 63.4 Å². The number of piperidine rings is 1. The zero-order chi connectivity index (χ0) is 25.9. The molecule has 0 bridgehead atoms. The lowest BCUT2D eigenvalue weighted by Gasteiger charge is -2.38. The molecule has 0 spiro atoms. The third-order valence-electron chi connectivity index (χ3n) is 7.90. The standard InChI is InChI=1S/C27H42BrN3O4Si/c1-27(10-12-30(13-11-27)26(32)33)18-35-24-21(20-8-6-5-7-9-20)16-29-25-23(24)22(28)17-31(25)19-34-14-15-36(2,3)4/h16-17,20H,5-15,18-19H2,1-4H3,(H,32,33). The molecule has 1 N–H and O–H groups in total. The minimum absolute atomic E-state index is 0.0552. The predicted molar refractivity (Wildman–Crippen MR) is 150 cm³/mol. The van der Waals surface area contributed by atoms with E-state index < -0.39 is 14.2 Å². The van der Waals surface area contributed by atoms with E-state index >= 15 is 0 Å². The van der Waals surface area contributed by atoms with Crippen LogP contribution in [-0.2, 0) is 11.5 Å². The quantitative estimate of drug-likeness (QED) is 0.249. The number of pyridine rings is 1. The number of ether oxygens (including phenoxy) is 2. The third-order valence-corrected chi connectivity index (χ3v) is 10.2. The fraction of sp³-hybridized carbons (Fsp3) is 0.704. The Balaban J connectivity index is 1.58. The van der Waals surface area contributed by atoms with Gasteiger partial charge in [0.15, 0.2) is 0 Å². The molecule has 3 heterocycles. The lowest BCUT2D eigenvalue weighted by atomic mass is 9.81. The molecule has 0 radical (unpaired) electrons. The Morgan fingerprint density at radius 1 is 1.22 bits per heavy atom. The van der Waals surface area contributed by atoms with Crippen LogP contribution in [-0.4, -0.2) is 60.0 Å². The number of likely N-dealkylation sites (tertiary alicyclic amines) is 1. The molecule has 36 heavy (non-hydrogen) atoms. The topological polar surface area (TPSA) is 76.8 Å². The van der Waals surface area contributed by atoms with E-state index in [4.69, 9.17) is 14.5 Å². The number of hydrogen-bond donors (Lipinski definition) is 1. The molecule has 0 aromatic carbocycles. The Morgan fingerprint density at radius 2 is 1.92 bits per heavy atom. The second-order valence-corrected chi connectivity index (χ2v) is 18.7. The molecule has 0 unspecified atom stereocenters. The van der Waals surface area contributed by atoms with Gasteiger partial charge in [-0.2, -0.15) is 0 Å². The van der Waals surface area contributed by atoms with Gasteiger partial charge in [-0.05, 0) is 53.6 Å². The van der Waals surface area contributed by atoms with Crippen LogP contribution in [0.5, 0.6) is 5.75 Å². The maximum absolute atomic E-state index is 11.4. The normalized spacial score (nSPS) is 19.1. The van der Waals surface area contributed by atoms with Crippen molar-refractivity contribution < 1.29 is 19.4 Å². The van der Waals surface area contributed by atoms with Gasteiger partial charge in [0, 0.05) is 55.6 Å². The molecule has 1 amide bonds. The summed E-state index contributed by atoms with van der Waals surface area (Å²) >= 11 is 3.81. The first kappa shape index (κ1) is 27.5. The van der Waals surface area contributed by atoms with Gasteiger partial charge in [-0.3, -0.25) is 0 Å². The third kappa shape index (κ3) is 6.64. The van der Waals surface area contributed by atoms with Gasteiger partial charge in [0.05, 0.1) is 12.0 Å². The van der Waals surface area contributed by atoms with E-state index in [0.29, 0.717) is 32.3 Å². The van der Waals surface area contributed by atoms with Crippen molar-refractivity contribution in [2.24, 2.45) is 5.41 Å². The molecule has 9 heteroatoms. The molecule has 2 aromatic rings. The lowest BCUT2D eigenvalue weighted by Crippen LogP contribution is -2.43. The van der Waals surface area contributed by atoms with E-state index in [-0.39, 0.29) is 5.41 Å². The van der Waals surface area contributed by atoms with E-state index in [1.54, 1.807) is 0 Å². The molecule has 0 atom stereocenters. The largest absolute Gasteiger partial charge is 0.492 e. The van der Waals surface area contributed by atoms with Crippen molar-refractivity contribution in [2.45, 2.75) is 90.2 Å². The molecular weight excluding hydrogens is 538 g/mol. The summed E-state index contributed by atoms with van der Waals surface area (Å²) in [6, 6.07) is 1.14. The van der Waals surface area contributed by atoms with E-state index in [9.17, 15) is 9.90 Å². The van der Waals surface area contributed by atoms with Crippen LogP contribution in [0.25, 0.3) is 11.0 Å². The van der Waals surface area contributed by atoms with Crippen LogP contribution in [0.4, 0.5) is 4.79 Å². The molecule has 1 saturated heterocycles. The first-order valence-corrected chi connectivity index (χ1v) is 17.9. The Labute approximate surface area is 224 Å². The zero-order valence-corrected chi connectivity index (χ0v) is 24.9. The first-order chi connectivity index (χ1) is 17.1. The Morgan fingerprint density at radius 3 is 2.56 bits per heavy atom. The predicted octanol–water partition coefficient (Wildman–Crippen LogP) is 7.32. The van der Waals surface area contributed by atoms with Crippen molar-refractivity contribution in [1.82, 2.24) is 14.5 Å². The van der Waals surface area contributed by atoms with Crippen molar-refractivity contribution in [3.63, 3.8) is 0 Å². The molecule has 7 nitrogen and oxygen atoms in total. The van der Waals surface area contributed by atoms with Crippen LogP contribution in [0.3, 0.4) is 0 Å². The minimum atomic E-state index is -1.14. The van der Waals surface area contributed by atoms with Crippen LogP contribution in [0, 0.1) is 5.41 Å². The van der Waals surface area contributed by atoms with Gasteiger partial charge in [-0.15, -0.1) is 0 Å². The van der Waals surface area contributed by atoms with Crippen LogP contribution >= 0.6 is 15.9 Å². The number of nitrogens with zero attached hydrogens (tertiary/aromatic N) is 3. The molecule has 2 aliphatic rings. The van der Waals surface area contributed by atoms with Gasteiger partial charge in [0.2, 0.25) is 0 Å². The molecule has 200 valence electrons. The molecular formula is C27H42BrN3O4Si. The fourth-order valence-electron chi connectivity index (χ4n) is 5.32. The van der Waals surface area contributed by atoms with Gasteiger partial charge >= 0.3 is 6.09 Å². The maximum Gasteiger partial charge on any atom is 0.407 e. The highest BCUT2D eigenvalue weighted by Gasteiger charge is 2.34. The number of amides is 1. The summed E-state index contributed by atoms with van der Waals surface area (Å²) in [6.45, 7) is 12.2. The summed E-state index contributed by atoms with van der Waals surface area (Å²) in [6.07, 6.45) is 11.0. The summed E-state index contributed by atoms with van der Waals surface area (Å²) in [4.78, 5) is 17.8. The van der Waals surface area contributed by atoms with E-state index in [0.717, 1.165) is 46.7 Å². The Hall–Kier alpha value is -1.58. The zero-order valence-electron chi connectivity index (χ0n) is 22.3.